The molecular formula is C16H18O6. The Morgan fingerprint density at radius 1 is 0.909 bits per heavy atom. The number of aliphatic hydroxyl groups is 4. The van der Waals surface area contributed by atoms with Gasteiger partial charge in [0.05, 0.1) is 6.61 Å². The lowest BCUT2D eigenvalue weighted by atomic mass is 9.99. The predicted octanol–water partition coefficient (Wildman–Crippen LogP) is 0.0185. The monoisotopic (exact) mass is 306 g/mol. The van der Waals surface area contributed by atoms with Crippen molar-refractivity contribution in [3.8, 4) is 5.75 Å². The number of aliphatic hydroxyl groups excluding tert-OH is 4. The fourth-order valence-electron chi connectivity index (χ4n) is 2.59. The Kier molecular flexibility index (Phi) is 4.28. The molecule has 0 bridgehead atoms. The Hall–Kier alpha value is -1.70. The third-order valence-corrected chi connectivity index (χ3v) is 3.84. The van der Waals surface area contributed by atoms with Crippen LogP contribution in [0.15, 0.2) is 42.5 Å². The van der Waals surface area contributed by atoms with Gasteiger partial charge in [-0.3, -0.25) is 0 Å². The summed E-state index contributed by atoms with van der Waals surface area (Å²) in [4.78, 5) is 0. The molecule has 0 radical (unpaired) electrons. The fourth-order valence-corrected chi connectivity index (χ4v) is 2.59. The zero-order chi connectivity index (χ0) is 15.7. The van der Waals surface area contributed by atoms with Crippen LogP contribution in [0, 0.1) is 0 Å². The molecule has 1 fully saturated rings. The highest BCUT2D eigenvalue weighted by Gasteiger charge is 2.44. The van der Waals surface area contributed by atoms with E-state index >= 15 is 0 Å². The summed E-state index contributed by atoms with van der Waals surface area (Å²) < 4.78 is 11.0. The van der Waals surface area contributed by atoms with Crippen LogP contribution in [0.5, 0.6) is 5.75 Å². The molecule has 118 valence electrons. The summed E-state index contributed by atoms with van der Waals surface area (Å²) in [5.41, 5.74) is 0. The average Bonchev–Trinajstić information content (AvgIpc) is 2.55. The van der Waals surface area contributed by atoms with Crippen molar-refractivity contribution in [3.05, 3.63) is 42.5 Å². The van der Waals surface area contributed by atoms with Crippen LogP contribution < -0.4 is 4.74 Å². The van der Waals surface area contributed by atoms with Gasteiger partial charge in [-0.05, 0) is 11.5 Å². The van der Waals surface area contributed by atoms with E-state index in [4.69, 9.17) is 9.47 Å². The Morgan fingerprint density at radius 3 is 2.41 bits per heavy atom. The first-order valence-electron chi connectivity index (χ1n) is 7.07. The van der Waals surface area contributed by atoms with Crippen molar-refractivity contribution in [1.82, 2.24) is 0 Å². The maximum absolute atomic E-state index is 10.0. The van der Waals surface area contributed by atoms with Crippen LogP contribution in [0.25, 0.3) is 10.8 Å². The smallest absolute Gasteiger partial charge is 0.229 e. The van der Waals surface area contributed by atoms with Crippen molar-refractivity contribution in [2.24, 2.45) is 0 Å². The van der Waals surface area contributed by atoms with E-state index in [1.165, 1.54) is 0 Å². The lowest BCUT2D eigenvalue weighted by Gasteiger charge is -2.39. The molecule has 0 aromatic heterocycles. The van der Waals surface area contributed by atoms with E-state index in [9.17, 15) is 20.4 Å². The fraction of sp³-hybridized carbons (Fsp3) is 0.375. The zero-order valence-corrected chi connectivity index (χ0v) is 11.7. The Balaban J connectivity index is 1.87. The first-order chi connectivity index (χ1) is 10.6. The second-order valence-corrected chi connectivity index (χ2v) is 5.29. The number of fused-ring (bicyclic) bond motifs is 1. The van der Waals surface area contributed by atoms with Gasteiger partial charge in [0.25, 0.3) is 0 Å². The molecule has 2 aromatic carbocycles. The molecule has 1 aliphatic heterocycles. The normalized spacial score (nSPS) is 32.1. The van der Waals surface area contributed by atoms with Crippen molar-refractivity contribution in [2.75, 3.05) is 6.61 Å². The van der Waals surface area contributed by atoms with Gasteiger partial charge in [0.15, 0.2) is 0 Å². The number of benzene rings is 2. The first kappa shape index (κ1) is 15.2. The first-order valence-corrected chi connectivity index (χ1v) is 7.07. The molecule has 0 saturated carbocycles. The number of hydrogen-bond acceptors (Lipinski definition) is 6. The van der Waals surface area contributed by atoms with Gasteiger partial charge in [-0.2, -0.15) is 0 Å². The minimum Gasteiger partial charge on any atom is -0.461 e. The summed E-state index contributed by atoms with van der Waals surface area (Å²) in [6, 6.07) is 13.0. The summed E-state index contributed by atoms with van der Waals surface area (Å²) in [5, 5.41) is 40.5. The number of rotatable bonds is 3. The second kappa shape index (κ2) is 6.20. The van der Waals surface area contributed by atoms with Crippen molar-refractivity contribution in [2.45, 2.75) is 30.7 Å². The summed E-state index contributed by atoms with van der Waals surface area (Å²) >= 11 is 0. The van der Waals surface area contributed by atoms with E-state index in [-0.39, 0.29) is 0 Å². The molecule has 0 spiro atoms. The summed E-state index contributed by atoms with van der Waals surface area (Å²) in [6.07, 6.45) is -6.44. The van der Waals surface area contributed by atoms with Gasteiger partial charge in [-0.25, -0.2) is 0 Å². The van der Waals surface area contributed by atoms with Crippen LogP contribution >= 0.6 is 0 Å². The molecule has 3 rings (SSSR count). The highest BCUT2D eigenvalue weighted by Crippen LogP contribution is 2.29. The molecular weight excluding hydrogens is 288 g/mol. The van der Waals surface area contributed by atoms with Crippen LogP contribution in [-0.4, -0.2) is 57.7 Å². The van der Waals surface area contributed by atoms with Crippen LogP contribution in [0.3, 0.4) is 0 Å². The molecule has 5 atom stereocenters. The van der Waals surface area contributed by atoms with E-state index in [1.54, 1.807) is 6.07 Å². The number of hydrogen-bond donors (Lipinski definition) is 4. The molecule has 4 N–H and O–H groups in total. The van der Waals surface area contributed by atoms with Gasteiger partial charge in [0.1, 0.15) is 30.2 Å². The van der Waals surface area contributed by atoms with Crippen LogP contribution in [-0.2, 0) is 4.74 Å². The zero-order valence-electron chi connectivity index (χ0n) is 11.7. The van der Waals surface area contributed by atoms with Crippen LogP contribution in [0.2, 0.25) is 0 Å². The predicted molar refractivity (Wildman–Crippen MR) is 78.3 cm³/mol. The maximum atomic E-state index is 10.0. The minimum absolute atomic E-state index is 0.486. The molecule has 6 nitrogen and oxygen atoms in total. The second-order valence-electron chi connectivity index (χ2n) is 5.29. The third kappa shape index (κ3) is 2.67. The Labute approximate surface area is 127 Å². The third-order valence-electron chi connectivity index (χ3n) is 3.84. The molecule has 1 heterocycles. The quantitative estimate of drug-likeness (QED) is 0.638. The lowest BCUT2D eigenvalue weighted by molar-refractivity contribution is -0.277. The summed E-state index contributed by atoms with van der Waals surface area (Å²) in [5.74, 6) is 0.488. The van der Waals surface area contributed by atoms with Gasteiger partial charge in [0.2, 0.25) is 6.29 Å². The van der Waals surface area contributed by atoms with Gasteiger partial charge >= 0.3 is 0 Å². The largest absolute Gasteiger partial charge is 0.461 e. The molecule has 0 amide bonds. The average molecular weight is 306 g/mol. The van der Waals surface area contributed by atoms with Crippen LogP contribution in [0.1, 0.15) is 0 Å². The molecule has 2 aromatic rings. The lowest BCUT2D eigenvalue weighted by Crippen LogP contribution is -2.60. The Morgan fingerprint density at radius 2 is 1.64 bits per heavy atom. The molecule has 1 saturated heterocycles. The standard InChI is InChI=1S/C16H18O6/c17-8-12-13(18)14(19)15(20)16(22-12)21-11-7-3-5-9-4-1-2-6-10(9)11/h1-7,12-20H,8H2/t12-,13-,14+,15+,16+/m1/s1. The SMILES string of the molecule is OC[C@H]1O[C@H](Oc2cccc3ccccc23)[C@@H](O)[C@@H](O)[C@@H]1O. The highest BCUT2D eigenvalue weighted by molar-refractivity contribution is 5.88. The summed E-state index contributed by atoms with van der Waals surface area (Å²) in [7, 11) is 0. The topological polar surface area (TPSA) is 99.4 Å². The van der Waals surface area contributed by atoms with Crippen molar-refractivity contribution in [3.63, 3.8) is 0 Å². The highest BCUT2D eigenvalue weighted by atomic mass is 16.7. The molecule has 0 aliphatic carbocycles. The van der Waals surface area contributed by atoms with Gasteiger partial charge in [0, 0.05) is 5.39 Å². The number of ether oxygens (including phenoxy) is 2. The maximum Gasteiger partial charge on any atom is 0.229 e. The molecule has 22 heavy (non-hydrogen) atoms. The van der Waals surface area contributed by atoms with Gasteiger partial charge in [-0.1, -0.05) is 36.4 Å². The Bertz CT molecular complexity index is 638. The van der Waals surface area contributed by atoms with E-state index in [1.807, 2.05) is 36.4 Å². The molecule has 1 aliphatic rings. The van der Waals surface area contributed by atoms with Crippen molar-refractivity contribution in [1.29, 1.82) is 0 Å². The molecule has 6 heteroatoms. The van der Waals surface area contributed by atoms with E-state index in [0.717, 1.165) is 10.8 Å². The van der Waals surface area contributed by atoms with Crippen molar-refractivity contribution < 1.29 is 29.9 Å². The van der Waals surface area contributed by atoms with Crippen molar-refractivity contribution >= 4 is 10.8 Å². The van der Waals surface area contributed by atoms with Gasteiger partial charge in [-0.15, -0.1) is 0 Å². The van der Waals surface area contributed by atoms with Gasteiger partial charge < -0.3 is 29.9 Å². The van der Waals surface area contributed by atoms with E-state index in [2.05, 4.69) is 0 Å². The minimum atomic E-state index is -1.45. The summed E-state index contributed by atoms with van der Waals surface area (Å²) in [6.45, 7) is -0.486. The van der Waals surface area contributed by atoms with E-state index < -0.39 is 37.3 Å². The van der Waals surface area contributed by atoms with E-state index in [0.29, 0.717) is 5.75 Å². The van der Waals surface area contributed by atoms with Crippen LogP contribution in [0.4, 0.5) is 0 Å². The molecule has 0 unspecified atom stereocenters.